The molecule has 124 valence electrons. The summed E-state index contributed by atoms with van der Waals surface area (Å²) < 4.78 is 13.6. The number of anilines is 1. The number of thioether (sulfide) groups is 1. The van der Waals surface area contributed by atoms with E-state index in [1.165, 1.54) is 11.6 Å². The van der Waals surface area contributed by atoms with Crippen molar-refractivity contribution in [2.75, 3.05) is 17.6 Å². The number of hydrogen-bond acceptors (Lipinski definition) is 3. The van der Waals surface area contributed by atoms with Gasteiger partial charge in [0.05, 0.1) is 0 Å². The van der Waals surface area contributed by atoms with Gasteiger partial charge in [-0.15, -0.1) is 11.8 Å². The first-order chi connectivity index (χ1) is 11.7. The van der Waals surface area contributed by atoms with Gasteiger partial charge in [-0.2, -0.15) is 0 Å². The molecule has 5 heteroatoms. The average Bonchev–Trinajstić information content (AvgIpc) is 2.59. The van der Waals surface area contributed by atoms with Gasteiger partial charge in [-0.3, -0.25) is 4.79 Å². The molecular weight excluding hydrogens is 323 g/mol. The summed E-state index contributed by atoms with van der Waals surface area (Å²) >= 11 is 1.78. The number of fused-ring (bicyclic) bond motifs is 2. The van der Waals surface area contributed by atoms with E-state index in [0.29, 0.717) is 6.42 Å². The second-order valence-electron chi connectivity index (χ2n) is 6.32. The molecule has 2 aliphatic rings. The van der Waals surface area contributed by atoms with Crippen molar-refractivity contribution in [2.24, 2.45) is 0 Å². The van der Waals surface area contributed by atoms with E-state index in [1.807, 2.05) is 24.3 Å². The summed E-state index contributed by atoms with van der Waals surface area (Å²) in [5.74, 6) is 1.05. The molecule has 0 bridgehead atoms. The number of benzene rings is 2. The molecule has 0 radical (unpaired) electrons. The van der Waals surface area contributed by atoms with Crippen LogP contribution in [0, 0.1) is 5.82 Å². The second kappa shape index (κ2) is 6.57. The number of hydrogen-bond donors (Lipinski definition) is 2. The zero-order valence-corrected chi connectivity index (χ0v) is 14.0. The van der Waals surface area contributed by atoms with E-state index >= 15 is 0 Å². The Morgan fingerprint density at radius 1 is 1.21 bits per heavy atom. The second-order valence-corrected chi connectivity index (χ2v) is 7.45. The topological polar surface area (TPSA) is 41.1 Å². The van der Waals surface area contributed by atoms with E-state index in [1.54, 1.807) is 17.8 Å². The van der Waals surface area contributed by atoms with Gasteiger partial charge in [0.2, 0.25) is 5.91 Å². The number of halogens is 1. The molecule has 2 aromatic carbocycles. The van der Waals surface area contributed by atoms with Crippen LogP contribution in [0.4, 0.5) is 10.1 Å². The molecule has 3 nitrogen and oxygen atoms in total. The Labute approximate surface area is 145 Å². The molecule has 1 amide bonds. The van der Waals surface area contributed by atoms with E-state index in [0.717, 1.165) is 34.9 Å². The lowest BCUT2D eigenvalue weighted by Gasteiger charge is -2.30. The molecule has 2 N–H and O–H groups in total. The third-order valence-electron chi connectivity index (χ3n) is 4.73. The first kappa shape index (κ1) is 15.7. The van der Waals surface area contributed by atoms with Gasteiger partial charge in [-0.05, 0) is 47.6 Å². The summed E-state index contributed by atoms with van der Waals surface area (Å²) in [5.41, 5.74) is 3.13. The molecule has 0 saturated carbocycles. The van der Waals surface area contributed by atoms with Crippen molar-refractivity contribution >= 4 is 23.4 Å². The lowest BCUT2D eigenvalue weighted by Crippen LogP contribution is -2.33. The third-order valence-corrected chi connectivity index (χ3v) is 5.85. The zero-order valence-electron chi connectivity index (χ0n) is 13.2. The molecule has 2 aliphatic heterocycles. The third kappa shape index (κ3) is 3.06. The fraction of sp³-hybridized carbons (Fsp3) is 0.316. The first-order valence-corrected chi connectivity index (χ1v) is 9.23. The van der Waals surface area contributed by atoms with Gasteiger partial charge in [0.25, 0.3) is 0 Å². The Balaban J connectivity index is 1.52. The van der Waals surface area contributed by atoms with Gasteiger partial charge < -0.3 is 10.6 Å². The normalized spacial score (nSPS) is 22.5. The molecular formula is C19H19FN2OS. The Hall–Kier alpha value is -1.85. The fourth-order valence-electron chi connectivity index (χ4n) is 3.55. The predicted octanol–water partition coefficient (Wildman–Crippen LogP) is 4.08. The summed E-state index contributed by atoms with van der Waals surface area (Å²) in [7, 11) is 0. The van der Waals surface area contributed by atoms with Crippen LogP contribution < -0.4 is 10.6 Å². The van der Waals surface area contributed by atoms with Crippen molar-refractivity contribution in [2.45, 2.75) is 29.7 Å². The van der Waals surface area contributed by atoms with Crippen molar-refractivity contribution in [1.29, 1.82) is 0 Å². The van der Waals surface area contributed by atoms with E-state index in [4.69, 9.17) is 0 Å². The molecule has 4 rings (SSSR count). The van der Waals surface area contributed by atoms with Crippen LogP contribution in [-0.4, -0.2) is 18.2 Å². The van der Waals surface area contributed by atoms with Gasteiger partial charge in [0.1, 0.15) is 5.82 Å². The van der Waals surface area contributed by atoms with Crippen molar-refractivity contribution in [3.05, 3.63) is 59.4 Å². The van der Waals surface area contributed by atoms with Crippen LogP contribution in [0.5, 0.6) is 0 Å². The van der Waals surface area contributed by atoms with Crippen molar-refractivity contribution in [3.8, 4) is 0 Å². The van der Waals surface area contributed by atoms with Crippen molar-refractivity contribution in [1.82, 2.24) is 5.32 Å². The predicted molar refractivity (Wildman–Crippen MR) is 94.9 cm³/mol. The highest BCUT2D eigenvalue weighted by Crippen LogP contribution is 2.37. The summed E-state index contributed by atoms with van der Waals surface area (Å²) in [6, 6.07) is 13.1. The molecule has 2 aromatic rings. The van der Waals surface area contributed by atoms with Crippen molar-refractivity contribution < 1.29 is 9.18 Å². The van der Waals surface area contributed by atoms with E-state index < -0.39 is 0 Å². The van der Waals surface area contributed by atoms with Crippen LogP contribution in [0.15, 0.2) is 47.4 Å². The molecule has 0 unspecified atom stereocenters. The Morgan fingerprint density at radius 3 is 3.00 bits per heavy atom. The smallest absolute Gasteiger partial charge is 0.225 e. The minimum atomic E-state index is -0.189. The molecule has 2 heterocycles. The quantitative estimate of drug-likeness (QED) is 0.883. The molecule has 0 saturated heterocycles. The molecule has 2 atom stereocenters. The van der Waals surface area contributed by atoms with Crippen molar-refractivity contribution in [3.63, 3.8) is 0 Å². The number of para-hydroxylation sites is 1. The molecule has 0 aliphatic carbocycles. The van der Waals surface area contributed by atoms with Crippen LogP contribution in [0.25, 0.3) is 0 Å². The number of amides is 1. The summed E-state index contributed by atoms with van der Waals surface area (Å²) in [5, 5.41) is 6.51. The van der Waals surface area contributed by atoms with Gasteiger partial charge in [-0.1, -0.05) is 18.2 Å². The van der Waals surface area contributed by atoms with Gasteiger partial charge in [-0.25, -0.2) is 4.39 Å². The highest BCUT2D eigenvalue weighted by molar-refractivity contribution is 7.99. The van der Waals surface area contributed by atoms with E-state index in [9.17, 15) is 9.18 Å². The van der Waals surface area contributed by atoms with Crippen LogP contribution in [-0.2, 0) is 4.79 Å². The first-order valence-electron chi connectivity index (χ1n) is 8.25. The zero-order chi connectivity index (χ0) is 16.5. The number of carbonyl (C=O) groups excluding carboxylic acids is 1. The van der Waals surface area contributed by atoms with Crippen LogP contribution in [0.2, 0.25) is 0 Å². The lowest BCUT2D eigenvalue weighted by molar-refractivity contribution is -0.116. The van der Waals surface area contributed by atoms with Crippen LogP contribution in [0.3, 0.4) is 0 Å². The van der Waals surface area contributed by atoms with Gasteiger partial charge >= 0.3 is 0 Å². The Bertz CT molecular complexity index is 780. The van der Waals surface area contributed by atoms with Crippen LogP contribution in [0.1, 0.15) is 35.9 Å². The maximum atomic E-state index is 13.6. The lowest BCUT2D eigenvalue weighted by atomic mass is 9.90. The maximum absolute atomic E-state index is 13.6. The van der Waals surface area contributed by atoms with E-state index in [-0.39, 0.29) is 23.7 Å². The summed E-state index contributed by atoms with van der Waals surface area (Å²) in [4.78, 5) is 13.1. The van der Waals surface area contributed by atoms with Gasteiger partial charge in [0.15, 0.2) is 0 Å². The standard InChI is InChI=1S/C19H19FN2OS/c20-13-5-6-18-15(10-13)16(7-8-24-18)21-11-12-9-19(23)22-17-4-2-1-3-14(12)17/h1-6,10,12,16,21H,7-9,11H2,(H,22,23)/t12-,16-/m0/s1. The number of rotatable bonds is 3. The molecule has 0 aromatic heterocycles. The molecule has 0 fully saturated rings. The maximum Gasteiger partial charge on any atom is 0.225 e. The Morgan fingerprint density at radius 2 is 2.08 bits per heavy atom. The van der Waals surface area contributed by atoms with Crippen LogP contribution >= 0.6 is 11.8 Å². The highest BCUT2D eigenvalue weighted by atomic mass is 32.2. The SMILES string of the molecule is O=C1C[C@@H](CN[C@H]2CCSc3ccc(F)cc32)c2ccccc2N1. The molecule has 0 spiro atoms. The monoisotopic (exact) mass is 342 g/mol. The average molecular weight is 342 g/mol. The number of carbonyl (C=O) groups is 1. The fourth-order valence-corrected chi connectivity index (χ4v) is 4.65. The van der Waals surface area contributed by atoms with E-state index in [2.05, 4.69) is 16.7 Å². The highest BCUT2D eigenvalue weighted by Gasteiger charge is 2.27. The summed E-state index contributed by atoms with van der Waals surface area (Å²) in [6.07, 6.45) is 1.46. The number of nitrogens with one attached hydrogen (secondary N) is 2. The van der Waals surface area contributed by atoms with Gasteiger partial charge in [0, 0.05) is 35.5 Å². The minimum absolute atomic E-state index is 0.0612. The largest absolute Gasteiger partial charge is 0.326 e. The minimum Gasteiger partial charge on any atom is -0.326 e. The summed E-state index contributed by atoms with van der Waals surface area (Å²) in [6.45, 7) is 0.718. The molecule has 24 heavy (non-hydrogen) atoms. The Kier molecular flexibility index (Phi) is 4.29.